The van der Waals surface area contributed by atoms with Crippen LogP contribution in [0, 0.1) is 5.82 Å². The molecule has 0 bridgehead atoms. The van der Waals surface area contributed by atoms with Crippen LogP contribution in [0.25, 0.3) is 11.4 Å². The lowest BCUT2D eigenvalue weighted by atomic mass is 9.96. The maximum absolute atomic E-state index is 13.8. The molecular formula is C18H18FN3S2. The van der Waals surface area contributed by atoms with E-state index in [1.165, 1.54) is 53.1 Å². The Kier molecular flexibility index (Phi) is 4.41. The van der Waals surface area contributed by atoms with Crippen LogP contribution in [0.15, 0.2) is 34.8 Å². The first kappa shape index (κ1) is 15.8. The smallest absolute Gasteiger partial charge is 0.191 e. The number of rotatable bonds is 4. The molecule has 0 fully saturated rings. The van der Waals surface area contributed by atoms with E-state index in [4.69, 9.17) is 0 Å². The Balaban J connectivity index is 1.58. The molecule has 1 aliphatic carbocycles. The molecule has 3 aromatic rings. The summed E-state index contributed by atoms with van der Waals surface area (Å²) in [5.74, 6) is 1.31. The summed E-state index contributed by atoms with van der Waals surface area (Å²) in [4.78, 5) is 1.50. The van der Waals surface area contributed by atoms with Gasteiger partial charge in [0.2, 0.25) is 0 Å². The molecule has 24 heavy (non-hydrogen) atoms. The van der Waals surface area contributed by atoms with Crippen molar-refractivity contribution in [2.24, 2.45) is 7.05 Å². The fourth-order valence-electron chi connectivity index (χ4n) is 3.11. The maximum Gasteiger partial charge on any atom is 0.191 e. The van der Waals surface area contributed by atoms with E-state index in [1.807, 2.05) is 35.1 Å². The molecule has 1 aliphatic rings. The summed E-state index contributed by atoms with van der Waals surface area (Å²) in [6, 6.07) is 6.88. The molecule has 0 saturated carbocycles. The van der Waals surface area contributed by atoms with E-state index in [0.29, 0.717) is 11.3 Å². The van der Waals surface area contributed by atoms with Gasteiger partial charge in [-0.2, -0.15) is 0 Å². The summed E-state index contributed by atoms with van der Waals surface area (Å²) in [5.41, 5.74) is 3.37. The van der Waals surface area contributed by atoms with Gasteiger partial charge in [-0.1, -0.05) is 30.0 Å². The Labute approximate surface area is 148 Å². The van der Waals surface area contributed by atoms with Crippen molar-refractivity contribution in [3.63, 3.8) is 0 Å². The maximum atomic E-state index is 13.8. The van der Waals surface area contributed by atoms with Gasteiger partial charge in [-0.15, -0.1) is 21.5 Å². The van der Waals surface area contributed by atoms with Gasteiger partial charge in [-0.05, 0) is 42.9 Å². The first-order chi connectivity index (χ1) is 11.7. The number of nitrogens with zero attached hydrogens (tertiary/aromatic N) is 3. The number of fused-ring (bicyclic) bond motifs is 1. The van der Waals surface area contributed by atoms with Crippen molar-refractivity contribution < 1.29 is 4.39 Å². The van der Waals surface area contributed by atoms with Crippen LogP contribution in [0.2, 0.25) is 0 Å². The molecule has 0 N–H and O–H groups in total. The van der Waals surface area contributed by atoms with E-state index in [1.54, 1.807) is 6.07 Å². The number of thioether (sulfide) groups is 1. The standard InChI is InChI=1S/C18H18FN3S2/c1-22-17(14-11-23-16-9-5-3-7-13(14)16)20-21-18(22)24-10-12-6-2-4-8-15(12)19/h2,4,6,8,11H,3,5,7,9-10H2,1H3. The second kappa shape index (κ2) is 6.69. The fourth-order valence-corrected chi connectivity index (χ4v) is 5.14. The van der Waals surface area contributed by atoms with Crippen LogP contribution in [0.5, 0.6) is 0 Å². The highest BCUT2D eigenvalue weighted by Crippen LogP contribution is 2.36. The molecule has 0 saturated heterocycles. The van der Waals surface area contributed by atoms with E-state index < -0.39 is 0 Å². The number of thiophene rings is 1. The van der Waals surface area contributed by atoms with Crippen LogP contribution in [-0.2, 0) is 25.6 Å². The van der Waals surface area contributed by atoms with Crippen molar-refractivity contribution in [3.05, 3.63) is 51.5 Å². The quantitative estimate of drug-likeness (QED) is 0.624. The van der Waals surface area contributed by atoms with Gasteiger partial charge in [-0.3, -0.25) is 0 Å². The van der Waals surface area contributed by atoms with Crippen molar-refractivity contribution >= 4 is 23.1 Å². The molecule has 4 rings (SSSR count). The monoisotopic (exact) mass is 359 g/mol. The van der Waals surface area contributed by atoms with Crippen molar-refractivity contribution in [3.8, 4) is 11.4 Å². The first-order valence-electron chi connectivity index (χ1n) is 8.09. The number of aryl methyl sites for hydroxylation is 1. The Bertz CT molecular complexity index is 869. The van der Waals surface area contributed by atoms with Crippen LogP contribution in [-0.4, -0.2) is 14.8 Å². The summed E-state index contributed by atoms with van der Waals surface area (Å²) < 4.78 is 15.8. The number of benzene rings is 1. The lowest BCUT2D eigenvalue weighted by Crippen LogP contribution is -2.02. The third-order valence-corrected chi connectivity index (χ3v) is 6.61. The predicted octanol–water partition coefficient (Wildman–Crippen LogP) is 4.85. The minimum Gasteiger partial charge on any atom is -0.305 e. The third-order valence-electron chi connectivity index (χ3n) is 4.45. The van der Waals surface area contributed by atoms with Crippen LogP contribution in [0.1, 0.15) is 28.8 Å². The van der Waals surface area contributed by atoms with Gasteiger partial charge < -0.3 is 4.57 Å². The van der Waals surface area contributed by atoms with Crippen molar-refractivity contribution in [2.45, 2.75) is 36.6 Å². The summed E-state index contributed by atoms with van der Waals surface area (Å²) in [6.07, 6.45) is 4.87. The Morgan fingerprint density at radius 1 is 1.21 bits per heavy atom. The highest BCUT2D eigenvalue weighted by Gasteiger charge is 2.21. The van der Waals surface area contributed by atoms with Gasteiger partial charge in [0.1, 0.15) is 5.82 Å². The minimum atomic E-state index is -0.167. The van der Waals surface area contributed by atoms with Gasteiger partial charge in [0.15, 0.2) is 11.0 Å². The van der Waals surface area contributed by atoms with Crippen LogP contribution in [0.3, 0.4) is 0 Å². The number of hydrogen-bond donors (Lipinski definition) is 0. The summed E-state index contributed by atoms with van der Waals surface area (Å²) in [6.45, 7) is 0. The average Bonchev–Trinajstić information content (AvgIpc) is 3.18. The molecule has 6 heteroatoms. The zero-order chi connectivity index (χ0) is 16.5. The molecule has 0 aliphatic heterocycles. The van der Waals surface area contributed by atoms with Crippen LogP contribution in [0.4, 0.5) is 4.39 Å². The highest BCUT2D eigenvalue weighted by molar-refractivity contribution is 7.98. The van der Waals surface area contributed by atoms with Gasteiger partial charge in [0, 0.05) is 28.6 Å². The van der Waals surface area contributed by atoms with Crippen LogP contribution >= 0.6 is 23.1 Å². The zero-order valence-electron chi connectivity index (χ0n) is 13.5. The number of hydrogen-bond acceptors (Lipinski definition) is 4. The normalized spacial score (nSPS) is 13.9. The number of halogens is 1. The van der Waals surface area contributed by atoms with Gasteiger partial charge >= 0.3 is 0 Å². The summed E-state index contributed by atoms with van der Waals surface area (Å²) in [5, 5.41) is 11.8. The SMILES string of the molecule is Cn1c(SCc2ccccc2F)nnc1-c1csc2c1CCCC2. The van der Waals surface area contributed by atoms with Crippen molar-refractivity contribution in [1.29, 1.82) is 0 Å². The van der Waals surface area contributed by atoms with Gasteiger partial charge in [-0.25, -0.2) is 4.39 Å². The topological polar surface area (TPSA) is 30.7 Å². The Morgan fingerprint density at radius 3 is 2.92 bits per heavy atom. The van der Waals surface area contributed by atoms with Gasteiger partial charge in [0.05, 0.1) is 0 Å². The van der Waals surface area contributed by atoms with E-state index in [-0.39, 0.29) is 5.82 Å². The second-order valence-electron chi connectivity index (χ2n) is 6.00. The molecule has 2 heterocycles. The highest BCUT2D eigenvalue weighted by atomic mass is 32.2. The van der Waals surface area contributed by atoms with E-state index in [2.05, 4.69) is 15.6 Å². The fraction of sp³-hybridized carbons (Fsp3) is 0.333. The van der Waals surface area contributed by atoms with Gasteiger partial charge in [0.25, 0.3) is 0 Å². The molecular weight excluding hydrogens is 341 g/mol. The molecule has 0 spiro atoms. The molecule has 3 nitrogen and oxygen atoms in total. The van der Waals surface area contributed by atoms with E-state index in [0.717, 1.165) is 17.4 Å². The third kappa shape index (κ3) is 2.89. The lowest BCUT2D eigenvalue weighted by Gasteiger charge is -2.12. The Hall–Kier alpha value is -1.66. The predicted molar refractivity (Wildman–Crippen MR) is 96.9 cm³/mol. The molecule has 0 atom stereocenters. The van der Waals surface area contributed by atoms with E-state index in [9.17, 15) is 4.39 Å². The number of aromatic nitrogens is 3. The summed E-state index contributed by atoms with van der Waals surface area (Å²) >= 11 is 3.36. The molecule has 124 valence electrons. The molecule has 2 aromatic heterocycles. The molecule has 0 unspecified atom stereocenters. The first-order valence-corrected chi connectivity index (χ1v) is 9.96. The summed E-state index contributed by atoms with van der Waals surface area (Å²) in [7, 11) is 1.99. The van der Waals surface area contributed by atoms with Crippen LogP contribution < -0.4 is 0 Å². The zero-order valence-corrected chi connectivity index (χ0v) is 15.1. The molecule has 1 aromatic carbocycles. The van der Waals surface area contributed by atoms with E-state index >= 15 is 0 Å². The lowest BCUT2D eigenvalue weighted by molar-refractivity contribution is 0.617. The molecule has 0 radical (unpaired) electrons. The average molecular weight is 359 g/mol. The van der Waals surface area contributed by atoms with Crippen molar-refractivity contribution in [1.82, 2.24) is 14.8 Å². The second-order valence-corrected chi connectivity index (χ2v) is 7.91. The Morgan fingerprint density at radius 2 is 2.04 bits per heavy atom. The van der Waals surface area contributed by atoms with Crippen molar-refractivity contribution in [2.75, 3.05) is 0 Å². The largest absolute Gasteiger partial charge is 0.305 e. The molecule has 0 amide bonds. The minimum absolute atomic E-state index is 0.167.